The number of carbonyl (C=O) groups is 2. The average Bonchev–Trinajstić information content (AvgIpc) is 2.48. The minimum Gasteiger partial charge on any atom is -0.326 e. The van der Waals surface area contributed by atoms with E-state index in [2.05, 4.69) is 31.5 Å². The number of hydrogen-bond acceptors (Lipinski definition) is 3. The maximum Gasteiger partial charge on any atom is 0.274 e. The fraction of sp³-hybridized carbons (Fsp3) is 0.133. The number of hydrogen-bond donors (Lipinski definition) is 2. The van der Waals surface area contributed by atoms with Gasteiger partial charge >= 0.3 is 0 Å². The van der Waals surface area contributed by atoms with Gasteiger partial charge in [-0.1, -0.05) is 0 Å². The summed E-state index contributed by atoms with van der Waals surface area (Å²) < 4.78 is 0.823. The van der Waals surface area contributed by atoms with Crippen LogP contribution in [0.3, 0.4) is 0 Å². The molecule has 0 radical (unpaired) electrons. The monoisotopic (exact) mass is 345 g/mol. The van der Waals surface area contributed by atoms with E-state index in [1.807, 2.05) is 6.07 Å². The van der Waals surface area contributed by atoms with Crippen molar-refractivity contribution in [1.82, 2.24) is 4.98 Å². The topological polar surface area (TPSA) is 71.1 Å². The molecule has 21 heavy (non-hydrogen) atoms. The van der Waals surface area contributed by atoms with Crippen LogP contribution in [0.2, 0.25) is 0 Å². The number of anilines is 2. The molecule has 0 aliphatic carbocycles. The summed E-state index contributed by atoms with van der Waals surface area (Å²) in [6.45, 7) is 0. The largest absolute Gasteiger partial charge is 0.326 e. The number of aryl methyl sites for hydroxylation is 1. The Kier molecular flexibility index (Phi) is 3.70. The Morgan fingerprint density at radius 2 is 2.10 bits per heavy atom. The molecule has 0 saturated carbocycles. The van der Waals surface area contributed by atoms with E-state index in [1.165, 1.54) is 0 Å². The highest BCUT2D eigenvalue weighted by Crippen LogP contribution is 2.25. The van der Waals surface area contributed by atoms with Crippen molar-refractivity contribution < 1.29 is 9.59 Å². The molecule has 3 rings (SSSR count). The number of benzene rings is 1. The summed E-state index contributed by atoms with van der Waals surface area (Å²) in [4.78, 5) is 27.5. The maximum absolute atomic E-state index is 12.1. The molecule has 1 aliphatic rings. The van der Waals surface area contributed by atoms with Gasteiger partial charge in [0.2, 0.25) is 5.91 Å². The molecule has 0 unspecified atom stereocenters. The van der Waals surface area contributed by atoms with Crippen molar-refractivity contribution in [1.29, 1.82) is 0 Å². The number of nitrogens with one attached hydrogen (secondary N) is 2. The van der Waals surface area contributed by atoms with Gasteiger partial charge in [-0.05, 0) is 58.2 Å². The lowest BCUT2D eigenvalue weighted by Gasteiger charge is -2.17. The fourth-order valence-electron chi connectivity index (χ4n) is 2.17. The number of pyridine rings is 1. The van der Waals surface area contributed by atoms with Crippen molar-refractivity contribution in [2.45, 2.75) is 12.8 Å². The predicted molar refractivity (Wildman–Crippen MR) is 83.3 cm³/mol. The highest BCUT2D eigenvalue weighted by atomic mass is 79.9. The van der Waals surface area contributed by atoms with E-state index >= 15 is 0 Å². The minimum absolute atomic E-state index is 0.0262. The standard InChI is InChI=1S/C15H12BrN3O2/c16-10-2-4-13(17-8-10)15(21)18-11-3-5-12-9(7-11)1-6-14(20)19-12/h2-5,7-8H,1,6H2,(H,18,21)(H,19,20). The van der Waals surface area contributed by atoms with E-state index in [9.17, 15) is 9.59 Å². The second kappa shape index (κ2) is 5.65. The molecule has 106 valence electrons. The zero-order chi connectivity index (χ0) is 14.8. The molecule has 0 spiro atoms. The first-order valence-electron chi connectivity index (χ1n) is 6.47. The lowest BCUT2D eigenvalue weighted by Crippen LogP contribution is -2.19. The third kappa shape index (κ3) is 3.11. The number of carbonyl (C=O) groups excluding carboxylic acids is 2. The van der Waals surface area contributed by atoms with Crippen LogP contribution in [0.1, 0.15) is 22.5 Å². The molecule has 2 heterocycles. The smallest absolute Gasteiger partial charge is 0.274 e. The molecular weight excluding hydrogens is 334 g/mol. The molecule has 0 atom stereocenters. The van der Waals surface area contributed by atoms with Gasteiger partial charge in [-0.25, -0.2) is 4.98 Å². The first kappa shape index (κ1) is 13.8. The van der Waals surface area contributed by atoms with Crippen LogP contribution in [0.15, 0.2) is 41.0 Å². The molecule has 0 fully saturated rings. The number of amides is 2. The van der Waals surface area contributed by atoms with Gasteiger partial charge in [-0.15, -0.1) is 0 Å². The molecular formula is C15H12BrN3O2. The lowest BCUT2D eigenvalue weighted by molar-refractivity contribution is -0.116. The number of aromatic nitrogens is 1. The van der Waals surface area contributed by atoms with Crippen molar-refractivity contribution >= 4 is 39.1 Å². The number of halogens is 1. The Morgan fingerprint density at radius 3 is 2.86 bits per heavy atom. The minimum atomic E-state index is -0.262. The van der Waals surface area contributed by atoms with Crippen molar-refractivity contribution in [2.24, 2.45) is 0 Å². The van der Waals surface area contributed by atoms with E-state index in [4.69, 9.17) is 0 Å². The van der Waals surface area contributed by atoms with Crippen LogP contribution in [0, 0.1) is 0 Å². The Labute approximate surface area is 129 Å². The molecule has 0 saturated heterocycles. The maximum atomic E-state index is 12.1. The molecule has 6 heteroatoms. The quantitative estimate of drug-likeness (QED) is 0.878. The summed E-state index contributed by atoms with van der Waals surface area (Å²) in [5.74, 6) is -0.236. The number of fused-ring (bicyclic) bond motifs is 1. The molecule has 2 amide bonds. The highest BCUT2D eigenvalue weighted by molar-refractivity contribution is 9.10. The molecule has 1 aromatic carbocycles. The van der Waals surface area contributed by atoms with E-state index < -0.39 is 0 Å². The highest BCUT2D eigenvalue weighted by Gasteiger charge is 2.15. The summed E-state index contributed by atoms with van der Waals surface area (Å²) in [5.41, 5.74) is 2.88. The summed E-state index contributed by atoms with van der Waals surface area (Å²) in [5, 5.41) is 5.62. The summed E-state index contributed by atoms with van der Waals surface area (Å²) in [6.07, 6.45) is 2.73. The molecule has 5 nitrogen and oxygen atoms in total. The zero-order valence-corrected chi connectivity index (χ0v) is 12.6. The number of rotatable bonds is 2. The van der Waals surface area contributed by atoms with Crippen LogP contribution < -0.4 is 10.6 Å². The van der Waals surface area contributed by atoms with Crippen LogP contribution in [0.25, 0.3) is 0 Å². The first-order chi connectivity index (χ1) is 10.1. The second-order valence-electron chi connectivity index (χ2n) is 4.74. The van der Waals surface area contributed by atoms with Gasteiger partial charge in [0.25, 0.3) is 5.91 Å². The van der Waals surface area contributed by atoms with Gasteiger partial charge < -0.3 is 10.6 Å². The normalized spacial score (nSPS) is 13.3. The fourth-order valence-corrected chi connectivity index (χ4v) is 2.40. The van der Waals surface area contributed by atoms with Gasteiger partial charge in [0.1, 0.15) is 5.69 Å². The predicted octanol–water partition coefficient (Wildman–Crippen LogP) is 2.98. The van der Waals surface area contributed by atoms with Crippen LogP contribution in [0.4, 0.5) is 11.4 Å². The Morgan fingerprint density at radius 1 is 1.24 bits per heavy atom. The summed E-state index contributed by atoms with van der Waals surface area (Å²) in [6, 6.07) is 8.87. The van der Waals surface area contributed by atoms with Crippen molar-refractivity contribution in [3.05, 3.63) is 52.3 Å². The molecule has 0 bridgehead atoms. The van der Waals surface area contributed by atoms with Crippen molar-refractivity contribution in [3.63, 3.8) is 0 Å². The van der Waals surface area contributed by atoms with Gasteiger partial charge in [-0.3, -0.25) is 9.59 Å². The van der Waals surface area contributed by atoms with Gasteiger partial charge in [0.15, 0.2) is 0 Å². The lowest BCUT2D eigenvalue weighted by atomic mass is 10.0. The first-order valence-corrected chi connectivity index (χ1v) is 7.27. The molecule has 2 N–H and O–H groups in total. The summed E-state index contributed by atoms with van der Waals surface area (Å²) >= 11 is 3.28. The SMILES string of the molecule is O=C1CCc2cc(NC(=O)c3ccc(Br)cn3)ccc2N1. The van der Waals surface area contributed by atoms with E-state index in [0.29, 0.717) is 24.2 Å². The molecule has 1 aliphatic heterocycles. The Balaban J connectivity index is 1.77. The van der Waals surface area contributed by atoms with Crippen molar-refractivity contribution in [2.75, 3.05) is 10.6 Å². The Bertz CT molecular complexity index is 713. The second-order valence-corrected chi connectivity index (χ2v) is 5.65. The van der Waals surface area contributed by atoms with Gasteiger partial charge in [0.05, 0.1) is 0 Å². The average molecular weight is 346 g/mol. The van der Waals surface area contributed by atoms with Crippen LogP contribution in [0.5, 0.6) is 0 Å². The Hall–Kier alpha value is -2.21. The number of nitrogens with zero attached hydrogens (tertiary/aromatic N) is 1. The molecule has 2 aromatic rings. The van der Waals surface area contributed by atoms with Crippen LogP contribution in [-0.4, -0.2) is 16.8 Å². The summed E-state index contributed by atoms with van der Waals surface area (Å²) in [7, 11) is 0. The van der Waals surface area contributed by atoms with Gasteiger partial charge in [-0.2, -0.15) is 0 Å². The van der Waals surface area contributed by atoms with Crippen LogP contribution >= 0.6 is 15.9 Å². The van der Waals surface area contributed by atoms with Crippen molar-refractivity contribution in [3.8, 4) is 0 Å². The molecule has 1 aromatic heterocycles. The third-order valence-electron chi connectivity index (χ3n) is 3.22. The van der Waals surface area contributed by atoms with E-state index in [-0.39, 0.29) is 11.8 Å². The van der Waals surface area contributed by atoms with Gasteiger partial charge in [0, 0.05) is 28.5 Å². The van der Waals surface area contributed by atoms with E-state index in [1.54, 1.807) is 30.5 Å². The zero-order valence-electron chi connectivity index (χ0n) is 11.0. The van der Waals surface area contributed by atoms with E-state index in [0.717, 1.165) is 15.7 Å². The third-order valence-corrected chi connectivity index (χ3v) is 3.69. The van der Waals surface area contributed by atoms with Crippen LogP contribution in [-0.2, 0) is 11.2 Å².